The lowest BCUT2D eigenvalue weighted by molar-refractivity contribution is -0.143. The molecule has 0 saturated carbocycles. The van der Waals surface area contributed by atoms with Crippen LogP contribution in [0, 0.1) is 12.8 Å². The molecule has 0 spiro atoms. The van der Waals surface area contributed by atoms with E-state index in [2.05, 4.69) is 10.2 Å². The minimum Gasteiger partial charge on any atom is -0.384 e. The van der Waals surface area contributed by atoms with Gasteiger partial charge in [0, 0.05) is 38.3 Å². The molecule has 3 heterocycles. The molecule has 2 amide bonds. The fourth-order valence-electron chi connectivity index (χ4n) is 4.66. The van der Waals surface area contributed by atoms with Crippen LogP contribution in [-0.2, 0) is 10.3 Å². The molecule has 0 unspecified atom stereocenters. The van der Waals surface area contributed by atoms with Gasteiger partial charge in [-0.15, -0.1) is 0 Å². The van der Waals surface area contributed by atoms with E-state index in [0.717, 1.165) is 22.5 Å². The standard InChI is InChI=1S/C26H33F3N4O3/c1-17-4-5-20(30-24(34)33-7-6-18(16-33)15-26(27,28)29)14-21(17)19-12-22(25(2,3)35)31-23(13-19)32-8-10-36-11-9-32/h4-5,12-14,18,35H,6-11,15-16H2,1-3H3,(H,30,34)/t18-/m0/s1. The van der Waals surface area contributed by atoms with Gasteiger partial charge in [0.25, 0.3) is 0 Å². The molecule has 0 aliphatic carbocycles. The Hall–Kier alpha value is -2.85. The third-order valence-corrected chi connectivity index (χ3v) is 6.67. The number of urea groups is 1. The lowest BCUT2D eigenvalue weighted by atomic mass is 9.96. The van der Waals surface area contributed by atoms with Gasteiger partial charge in [0.2, 0.25) is 0 Å². The third-order valence-electron chi connectivity index (χ3n) is 6.67. The normalized spacial score (nSPS) is 19.0. The van der Waals surface area contributed by atoms with Gasteiger partial charge in [-0.25, -0.2) is 9.78 Å². The number of anilines is 2. The van der Waals surface area contributed by atoms with Crippen LogP contribution in [0.1, 0.15) is 37.9 Å². The Morgan fingerprint density at radius 1 is 1.17 bits per heavy atom. The summed E-state index contributed by atoms with van der Waals surface area (Å²) < 4.78 is 43.6. The molecule has 1 aromatic heterocycles. The quantitative estimate of drug-likeness (QED) is 0.602. The number of morpholine rings is 1. The first-order valence-corrected chi connectivity index (χ1v) is 12.2. The number of aromatic nitrogens is 1. The average Bonchev–Trinajstić information content (AvgIpc) is 3.27. The number of hydrogen-bond donors (Lipinski definition) is 2. The van der Waals surface area contributed by atoms with E-state index in [1.54, 1.807) is 19.9 Å². The summed E-state index contributed by atoms with van der Waals surface area (Å²) in [6, 6.07) is 8.93. The number of nitrogens with one attached hydrogen (secondary N) is 1. The van der Waals surface area contributed by atoms with Crippen molar-refractivity contribution in [2.24, 2.45) is 5.92 Å². The van der Waals surface area contributed by atoms with Crippen molar-refractivity contribution < 1.29 is 27.8 Å². The zero-order chi connectivity index (χ0) is 26.1. The Morgan fingerprint density at radius 2 is 1.89 bits per heavy atom. The number of alkyl halides is 3. The van der Waals surface area contributed by atoms with Gasteiger partial charge in [0.05, 0.1) is 18.9 Å². The van der Waals surface area contributed by atoms with Crippen molar-refractivity contribution in [1.82, 2.24) is 9.88 Å². The summed E-state index contributed by atoms with van der Waals surface area (Å²) in [7, 11) is 0. The molecule has 2 aromatic rings. The summed E-state index contributed by atoms with van der Waals surface area (Å²) in [5.41, 5.74) is 2.62. The van der Waals surface area contributed by atoms with Gasteiger partial charge in [0.15, 0.2) is 0 Å². The van der Waals surface area contributed by atoms with E-state index in [4.69, 9.17) is 9.72 Å². The molecule has 2 aliphatic rings. The molecule has 1 atom stereocenters. The highest BCUT2D eigenvalue weighted by molar-refractivity contribution is 5.90. The number of rotatable bonds is 5. The monoisotopic (exact) mass is 506 g/mol. The van der Waals surface area contributed by atoms with Crippen molar-refractivity contribution in [3.05, 3.63) is 41.6 Å². The number of benzene rings is 1. The smallest absolute Gasteiger partial charge is 0.384 e. The number of halogens is 3. The van der Waals surface area contributed by atoms with E-state index in [-0.39, 0.29) is 6.54 Å². The predicted molar refractivity (Wildman–Crippen MR) is 132 cm³/mol. The predicted octanol–water partition coefficient (Wildman–Crippen LogP) is 4.93. The Morgan fingerprint density at radius 3 is 2.56 bits per heavy atom. The van der Waals surface area contributed by atoms with Gasteiger partial charge in [-0.05, 0) is 74.1 Å². The van der Waals surface area contributed by atoms with Crippen LogP contribution in [0.4, 0.5) is 29.5 Å². The molecule has 0 bridgehead atoms. The van der Waals surface area contributed by atoms with Crippen LogP contribution in [0.3, 0.4) is 0 Å². The fourth-order valence-corrected chi connectivity index (χ4v) is 4.66. The number of carbonyl (C=O) groups excluding carboxylic acids is 1. The van der Waals surface area contributed by atoms with Crippen LogP contribution in [0.15, 0.2) is 30.3 Å². The highest BCUT2D eigenvalue weighted by atomic mass is 19.4. The summed E-state index contributed by atoms with van der Waals surface area (Å²) in [6.45, 7) is 8.32. The molecule has 1 aromatic carbocycles. The maximum Gasteiger partial charge on any atom is 0.389 e. The maximum absolute atomic E-state index is 12.8. The van der Waals surface area contributed by atoms with Crippen molar-refractivity contribution in [1.29, 1.82) is 0 Å². The van der Waals surface area contributed by atoms with Crippen LogP contribution in [0.25, 0.3) is 11.1 Å². The first-order chi connectivity index (χ1) is 16.9. The number of hydrogen-bond acceptors (Lipinski definition) is 5. The molecule has 2 saturated heterocycles. The van der Waals surface area contributed by atoms with E-state index < -0.39 is 30.1 Å². The van der Waals surface area contributed by atoms with Crippen LogP contribution in [0.5, 0.6) is 0 Å². The number of amides is 2. The molecule has 7 nitrogen and oxygen atoms in total. The first kappa shape index (κ1) is 26.2. The largest absolute Gasteiger partial charge is 0.389 e. The average molecular weight is 507 g/mol. The summed E-state index contributed by atoms with van der Waals surface area (Å²) in [4.78, 5) is 21.0. The SMILES string of the molecule is Cc1ccc(NC(=O)N2CC[C@@H](CC(F)(F)F)C2)cc1-c1cc(N2CCOCC2)nc(C(C)(C)O)c1. The Kier molecular flexibility index (Phi) is 7.47. The van der Waals surface area contributed by atoms with Crippen LogP contribution < -0.4 is 10.2 Å². The first-order valence-electron chi connectivity index (χ1n) is 12.2. The molecule has 4 rings (SSSR count). The molecule has 2 aliphatic heterocycles. The third kappa shape index (κ3) is 6.47. The highest BCUT2D eigenvalue weighted by Crippen LogP contribution is 2.34. The summed E-state index contributed by atoms with van der Waals surface area (Å²) in [6.07, 6.45) is -4.76. The van der Waals surface area contributed by atoms with Gasteiger partial charge in [-0.2, -0.15) is 13.2 Å². The Bertz CT molecular complexity index is 1090. The molecule has 2 N–H and O–H groups in total. The second kappa shape index (κ2) is 10.3. The molecule has 10 heteroatoms. The van der Waals surface area contributed by atoms with Crippen LogP contribution in [-0.4, -0.2) is 66.6 Å². The number of likely N-dealkylation sites (tertiary alicyclic amines) is 1. The molecule has 196 valence electrons. The summed E-state index contributed by atoms with van der Waals surface area (Å²) in [5.74, 6) is 0.176. The van der Waals surface area contributed by atoms with Gasteiger partial charge in [-0.3, -0.25) is 0 Å². The minimum atomic E-state index is -4.23. The van der Waals surface area contributed by atoms with E-state index in [1.165, 1.54) is 4.90 Å². The zero-order valence-corrected chi connectivity index (χ0v) is 20.9. The van der Waals surface area contributed by atoms with Gasteiger partial charge in [-0.1, -0.05) is 6.07 Å². The number of pyridine rings is 1. The van der Waals surface area contributed by atoms with E-state index >= 15 is 0 Å². The van der Waals surface area contributed by atoms with Gasteiger partial charge >= 0.3 is 12.2 Å². The summed E-state index contributed by atoms with van der Waals surface area (Å²) in [5, 5.41) is 13.5. The van der Waals surface area contributed by atoms with Crippen LogP contribution >= 0.6 is 0 Å². The molecule has 2 fully saturated rings. The van der Waals surface area contributed by atoms with Crippen LogP contribution in [0.2, 0.25) is 0 Å². The van der Waals surface area contributed by atoms with E-state index in [0.29, 0.717) is 50.7 Å². The fraction of sp³-hybridized carbons (Fsp3) is 0.538. The lowest BCUT2D eigenvalue weighted by Gasteiger charge is -2.30. The van der Waals surface area contributed by atoms with Gasteiger partial charge in [0.1, 0.15) is 11.4 Å². The number of nitrogens with zero attached hydrogens (tertiary/aromatic N) is 3. The highest BCUT2D eigenvalue weighted by Gasteiger charge is 2.36. The summed E-state index contributed by atoms with van der Waals surface area (Å²) >= 11 is 0. The van der Waals surface area contributed by atoms with Crippen molar-refractivity contribution in [3.8, 4) is 11.1 Å². The van der Waals surface area contributed by atoms with E-state index in [9.17, 15) is 23.1 Å². The number of aliphatic hydroxyl groups is 1. The molecular formula is C26H33F3N4O3. The zero-order valence-electron chi connectivity index (χ0n) is 20.9. The Balaban J connectivity index is 1.57. The van der Waals surface area contributed by atoms with Crippen molar-refractivity contribution in [2.45, 2.75) is 45.4 Å². The number of carbonyl (C=O) groups is 1. The second-order valence-electron chi connectivity index (χ2n) is 10.1. The lowest BCUT2D eigenvalue weighted by Crippen LogP contribution is -2.37. The van der Waals surface area contributed by atoms with Crippen molar-refractivity contribution in [2.75, 3.05) is 49.6 Å². The number of ether oxygens (including phenoxy) is 1. The minimum absolute atomic E-state index is 0.0896. The topological polar surface area (TPSA) is 77.9 Å². The van der Waals surface area contributed by atoms with Crippen molar-refractivity contribution in [3.63, 3.8) is 0 Å². The Labute approximate surface area is 209 Å². The van der Waals surface area contributed by atoms with Crippen molar-refractivity contribution >= 4 is 17.5 Å². The molecule has 0 radical (unpaired) electrons. The number of aryl methyl sites for hydroxylation is 1. The van der Waals surface area contributed by atoms with E-state index in [1.807, 2.05) is 31.2 Å². The maximum atomic E-state index is 12.8. The second-order valence-corrected chi connectivity index (χ2v) is 10.1. The molecule has 36 heavy (non-hydrogen) atoms. The molecular weight excluding hydrogens is 473 g/mol. The van der Waals surface area contributed by atoms with Gasteiger partial charge < -0.3 is 25.0 Å².